The summed E-state index contributed by atoms with van der Waals surface area (Å²) in [4.78, 5) is 0. The predicted molar refractivity (Wildman–Crippen MR) is 77.6 cm³/mol. The molecule has 0 aliphatic rings. The van der Waals surface area contributed by atoms with Crippen LogP contribution in [0.2, 0.25) is 0 Å². The van der Waals surface area contributed by atoms with Gasteiger partial charge in [0.1, 0.15) is 0 Å². The van der Waals surface area contributed by atoms with Crippen molar-refractivity contribution in [3.8, 4) is 0 Å². The Morgan fingerprint density at radius 3 is 1.12 bits per heavy atom. The zero-order valence-electron chi connectivity index (χ0n) is 12.0. The zero-order chi connectivity index (χ0) is 12.2. The molecule has 0 rings (SSSR count). The Morgan fingerprint density at radius 1 is 0.875 bits per heavy atom. The van der Waals surface area contributed by atoms with Crippen molar-refractivity contribution in [1.29, 1.82) is 0 Å². The summed E-state index contributed by atoms with van der Waals surface area (Å²) in [6.45, 7) is 15.0. The van der Waals surface area contributed by atoms with Crippen molar-refractivity contribution in [2.45, 2.75) is 53.4 Å². The van der Waals surface area contributed by atoms with Crippen LogP contribution in [0.4, 0.5) is 0 Å². The standard InChI is InChI=1S/C4H10O.C4H9.C2H6O.C2H5.2Mg/c1-2-3-4-5;1-3-4-2;1-2-3;1-2;;/h5H,2-4H2,1H3;1,3-4H2,2H3;3H,2H2,1H3;1H2,2H3;;/q;-1;;-1;2*+2. The van der Waals surface area contributed by atoms with Gasteiger partial charge in [-0.15, -0.1) is 0 Å². The summed E-state index contributed by atoms with van der Waals surface area (Å²) in [5, 5.41) is 15.6. The van der Waals surface area contributed by atoms with E-state index in [4.69, 9.17) is 10.2 Å². The quantitative estimate of drug-likeness (QED) is 0.600. The van der Waals surface area contributed by atoms with E-state index in [9.17, 15) is 0 Å². The number of unbranched alkanes of at least 4 members (excludes halogenated alkanes) is 2. The molecular weight excluding hydrogens is 225 g/mol. The van der Waals surface area contributed by atoms with E-state index in [0.717, 1.165) is 19.3 Å². The van der Waals surface area contributed by atoms with Gasteiger partial charge in [0, 0.05) is 13.2 Å². The van der Waals surface area contributed by atoms with Crippen molar-refractivity contribution in [3.05, 3.63) is 13.8 Å². The van der Waals surface area contributed by atoms with E-state index in [1.54, 1.807) is 13.8 Å². The van der Waals surface area contributed by atoms with Gasteiger partial charge in [0.15, 0.2) is 0 Å². The first-order valence-corrected chi connectivity index (χ1v) is 5.46. The van der Waals surface area contributed by atoms with Crippen LogP contribution in [0.5, 0.6) is 0 Å². The third-order valence-corrected chi connectivity index (χ3v) is 0.865. The van der Waals surface area contributed by atoms with Gasteiger partial charge in [-0.2, -0.15) is 13.3 Å². The van der Waals surface area contributed by atoms with Gasteiger partial charge in [-0.25, -0.2) is 0 Å². The van der Waals surface area contributed by atoms with Crippen LogP contribution in [-0.4, -0.2) is 69.5 Å². The SMILES string of the molecule is CCCCO.CCO.[CH2-]C.[CH2-]CCC.[Mg+2].[Mg+2]. The third-order valence-electron chi connectivity index (χ3n) is 0.865. The maximum Gasteiger partial charge on any atom is 2.00 e. The minimum atomic E-state index is 0. The molecule has 92 valence electrons. The Bertz CT molecular complexity index is 44.0. The molecule has 0 spiro atoms. The van der Waals surface area contributed by atoms with E-state index >= 15 is 0 Å². The Balaban J connectivity index is -0.0000000210. The normalized spacial score (nSPS) is 6.00. The molecule has 16 heavy (non-hydrogen) atoms. The van der Waals surface area contributed by atoms with Crippen LogP contribution in [0.15, 0.2) is 0 Å². The molecule has 0 aromatic rings. The van der Waals surface area contributed by atoms with Gasteiger partial charge in [0.25, 0.3) is 0 Å². The molecule has 4 heteroatoms. The number of hydrogen-bond donors (Lipinski definition) is 2. The molecule has 0 aromatic heterocycles. The summed E-state index contributed by atoms with van der Waals surface area (Å²) in [5.74, 6) is 0. The average Bonchev–Trinajstić information content (AvgIpc) is 2.24. The van der Waals surface area contributed by atoms with Crippen LogP contribution >= 0.6 is 0 Å². The van der Waals surface area contributed by atoms with Crippen molar-refractivity contribution < 1.29 is 10.2 Å². The van der Waals surface area contributed by atoms with Crippen molar-refractivity contribution in [2.75, 3.05) is 13.2 Å². The van der Waals surface area contributed by atoms with Gasteiger partial charge >= 0.3 is 46.1 Å². The Morgan fingerprint density at radius 2 is 1.12 bits per heavy atom. The van der Waals surface area contributed by atoms with E-state index in [1.807, 2.05) is 0 Å². The molecule has 0 aliphatic heterocycles. The average molecular weight is 255 g/mol. The van der Waals surface area contributed by atoms with E-state index in [-0.39, 0.29) is 52.7 Å². The van der Waals surface area contributed by atoms with Crippen LogP contribution in [0.3, 0.4) is 0 Å². The number of hydrogen-bond acceptors (Lipinski definition) is 2. The van der Waals surface area contributed by atoms with E-state index in [1.165, 1.54) is 6.42 Å². The van der Waals surface area contributed by atoms with Gasteiger partial charge in [-0.3, -0.25) is 0 Å². The first-order chi connectivity index (χ1) is 6.74. The van der Waals surface area contributed by atoms with Crippen LogP contribution < -0.4 is 0 Å². The van der Waals surface area contributed by atoms with Crippen molar-refractivity contribution in [1.82, 2.24) is 0 Å². The molecule has 0 aliphatic carbocycles. The summed E-state index contributed by atoms with van der Waals surface area (Å²) in [5.41, 5.74) is 0. The smallest absolute Gasteiger partial charge is 0.397 e. The fraction of sp³-hybridized carbons (Fsp3) is 0.833. The molecule has 2 nitrogen and oxygen atoms in total. The van der Waals surface area contributed by atoms with Gasteiger partial charge in [0.2, 0.25) is 0 Å². The minimum absolute atomic E-state index is 0. The molecule has 0 radical (unpaired) electrons. The second-order valence-corrected chi connectivity index (χ2v) is 2.25. The van der Waals surface area contributed by atoms with Gasteiger partial charge in [-0.1, -0.05) is 26.7 Å². The molecule has 2 N–H and O–H groups in total. The Labute approximate surface area is 136 Å². The van der Waals surface area contributed by atoms with Crippen molar-refractivity contribution in [2.24, 2.45) is 0 Å². The van der Waals surface area contributed by atoms with E-state index in [0.29, 0.717) is 6.61 Å². The van der Waals surface area contributed by atoms with E-state index in [2.05, 4.69) is 27.7 Å². The van der Waals surface area contributed by atoms with Gasteiger partial charge in [0.05, 0.1) is 0 Å². The molecule has 0 heterocycles. The second kappa shape index (κ2) is 70.7. The second-order valence-electron chi connectivity index (χ2n) is 2.25. The third kappa shape index (κ3) is 163. The Hall–Kier alpha value is 1.45. The Kier molecular flexibility index (Phi) is 159. The van der Waals surface area contributed by atoms with Crippen LogP contribution in [0.1, 0.15) is 53.4 Å². The van der Waals surface area contributed by atoms with E-state index < -0.39 is 0 Å². The monoisotopic (exact) mass is 254 g/mol. The molecule has 0 saturated carbocycles. The summed E-state index contributed by atoms with van der Waals surface area (Å²) in [6, 6.07) is 0. The molecular formula is C12H30Mg2O2+2. The summed E-state index contributed by atoms with van der Waals surface area (Å²) in [7, 11) is 0. The number of rotatable bonds is 3. The first-order valence-electron chi connectivity index (χ1n) is 5.46. The number of aliphatic hydroxyl groups is 2. The van der Waals surface area contributed by atoms with Gasteiger partial charge in [-0.05, 0) is 13.3 Å². The number of aliphatic hydroxyl groups excluding tert-OH is 2. The maximum absolute atomic E-state index is 8.07. The molecule has 0 saturated heterocycles. The van der Waals surface area contributed by atoms with Gasteiger partial charge < -0.3 is 24.1 Å². The molecule has 0 unspecified atom stereocenters. The molecule has 0 aromatic carbocycles. The minimum Gasteiger partial charge on any atom is -0.397 e. The topological polar surface area (TPSA) is 40.5 Å². The molecule has 0 atom stereocenters. The fourth-order valence-electron chi connectivity index (χ4n) is 0.158. The van der Waals surface area contributed by atoms with Crippen LogP contribution in [-0.2, 0) is 0 Å². The maximum atomic E-state index is 8.07. The summed E-state index contributed by atoms with van der Waals surface area (Å²) < 4.78 is 0. The van der Waals surface area contributed by atoms with Crippen LogP contribution in [0, 0.1) is 13.8 Å². The zero-order valence-corrected chi connectivity index (χ0v) is 14.8. The largest absolute Gasteiger partial charge is 2.00 e. The molecule has 0 amide bonds. The molecule has 0 fully saturated rings. The predicted octanol–water partition coefficient (Wildman–Crippen LogP) is 2.48. The fourth-order valence-corrected chi connectivity index (χ4v) is 0.158. The first kappa shape index (κ1) is 36.0. The van der Waals surface area contributed by atoms with Crippen molar-refractivity contribution in [3.63, 3.8) is 0 Å². The summed E-state index contributed by atoms with van der Waals surface area (Å²) in [6.07, 6.45) is 4.32. The molecule has 0 bridgehead atoms. The summed E-state index contributed by atoms with van der Waals surface area (Å²) >= 11 is 0. The van der Waals surface area contributed by atoms with Crippen LogP contribution in [0.25, 0.3) is 0 Å². The van der Waals surface area contributed by atoms with Crippen molar-refractivity contribution >= 4 is 46.1 Å².